The molecule has 0 aromatic heterocycles. The van der Waals surface area contributed by atoms with Gasteiger partial charge in [-0.1, -0.05) is 0 Å². The van der Waals surface area contributed by atoms with Crippen LogP contribution in [0.1, 0.15) is 23.6 Å². The third kappa shape index (κ3) is 5.36. The van der Waals surface area contributed by atoms with Crippen molar-refractivity contribution in [2.45, 2.75) is 13.5 Å². The SMILES string of the molecule is COc1ccc(CNC(=O)C(=Cc2ccc(C#N)cc2OC)C(C)=O)c(OC)c1. The Morgan fingerprint density at radius 3 is 2.34 bits per heavy atom. The summed E-state index contributed by atoms with van der Waals surface area (Å²) in [5.41, 5.74) is 1.65. The van der Waals surface area contributed by atoms with Crippen molar-refractivity contribution in [2.75, 3.05) is 21.3 Å². The first-order valence-electron chi connectivity index (χ1n) is 8.73. The number of nitrogens with zero attached hydrogens (tertiary/aromatic N) is 1. The molecule has 150 valence electrons. The lowest BCUT2D eigenvalue weighted by Crippen LogP contribution is -2.27. The van der Waals surface area contributed by atoms with Gasteiger partial charge in [0.05, 0.1) is 38.5 Å². The van der Waals surface area contributed by atoms with E-state index in [0.29, 0.717) is 28.4 Å². The van der Waals surface area contributed by atoms with E-state index >= 15 is 0 Å². The van der Waals surface area contributed by atoms with Crippen LogP contribution < -0.4 is 19.5 Å². The molecular weight excluding hydrogens is 372 g/mol. The molecule has 2 rings (SSSR count). The fraction of sp³-hybridized carbons (Fsp3) is 0.227. The Labute approximate surface area is 169 Å². The zero-order chi connectivity index (χ0) is 21.4. The summed E-state index contributed by atoms with van der Waals surface area (Å²) in [5, 5.41) is 11.7. The van der Waals surface area contributed by atoms with E-state index < -0.39 is 11.7 Å². The molecule has 0 fully saturated rings. The fourth-order valence-electron chi connectivity index (χ4n) is 2.65. The first kappa shape index (κ1) is 21.5. The van der Waals surface area contributed by atoms with Crippen LogP contribution in [0, 0.1) is 11.3 Å². The number of hydrogen-bond donors (Lipinski definition) is 1. The molecule has 7 nitrogen and oxygen atoms in total. The number of carbonyl (C=O) groups excluding carboxylic acids is 2. The van der Waals surface area contributed by atoms with E-state index in [-0.39, 0.29) is 12.1 Å². The molecule has 0 spiro atoms. The lowest BCUT2D eigenvalue weighted by Gasteiger charge is -2.12. The molecule has 7 heteroatoms. The van der Waals surface area contributed by atoms with Gasteiger partial charge in [0, 0.05) is 23.7 Å². The highest BCUT2D eigenvalue weighted by atomic mass is 16.5. The van der Waals surface area contributed by atoms with Gasteiger partial charge in [-0.05, 0) is 43.3 Å². The van der Waals surface area contributed by atoms with Gasteiger partial charge >= 0.3 is 0 Å². The van der Waals surface area contributed by atoms with Crippen molar-refractivity contribution in [3.8, 4) is 23.3 Å². The number of nitrogens with one attached hydrogen (secondary N) is 1. The molecule has 0 radical (unpaired) electrons. The summed E-state index contributed by atoms with van der Waals surface area (Å²) in [6.07, 6.45) is 1.45. The summed E-state index contributed by atoms with van der Waals surface area (Å²) in [6, 6.07) is 12.0. The fourth-order valence-corrected chi connectivity index (χ4v) is 2.65. The predicted octanol–water partition coefficient (Wildman–Crippen LogP) is 2.87. The monoisotopic (exact) mass is 394 g/mol. The number of nitriles is 1. The van der Waals surface area contributed by atoms with Gasteiger partial charge in [0.15, 0.2) is 5.78 Å². The lowest BCUT2D eigenvalue weighted by atomic mass is 10.0. The molecule has 0 aliphatic heterocycles. The van der Waals surface area contributed by atoms with E-state index in [4.69, 9.17) is 19.5 Å². The molecule has 0 bridgehead atoms. The third-order valence-electron chi connectivity index (χ3n) is 4.22. The van der Waals surface area contributed by atoms with Crippen LogP contribution in [0.2, 0.25) is 0 Å². The van der Waals surface area contributed by atoms with E-state index in [1.165, 1.54) is 27.2 Å². The van der Waals surface area contributed by atoms with Crippen molar-refractivity contribution < 1.29 is 23.8 Å². The van der Waals surface area contributed by atoms with E-state index in [1.807, 2.05) is 6.07 Å². The molecule has 1 N–H and O–H groups in total. The number of amides is 1. The van der Waals surface area contributed by atoms with Crippen LogP contribution in [0.15, 0.2) is 42.0 Å². The highest BCUT2D eigenvalue weighted by Crippen LogP contribution is 2.25. The Morgan fingerprint density at radius 2 is 1.76 bits per heavy atom. The standard InChI is InChI=1S/C22H22N2O5/c1-14(25)19(10-16-6-5-15(12-23)9-20(16)28-3)22(26)24-13-17-7-8-18(27-2)11-21(17)29-4/h5-11H,13H2,1-4H3,(H,24,26). The minimum Gasteiger partial charge on any atom is -0.497 e. The molecule has 2 aromatic rings. The number of ketones is 1. The molecule has 1 amide bonds. The van der Waals surface area contributed by atoms with Crippen LogP contribution in [0.5, 0.6) is 17.2 Å². The van der Waals surface area contributed by atoms with Gasteiger partial charge in [-0.2, -0.15) is 5.26 Å². The van der Waals surface area contributed by atoms with E-state index in [1.54, 1.807) is 43.5 Å². The van der Waals surface area contributed by atoms with Crippen LogP contribution in [0.4, 0.5) is 0 Å². The van der Waals surface area contributed by atoms with Gasteiger partial charge in [-0.15, -0.1) is 0 Å². The summed E-state index contributed by atoms with van der Waals surface area (Å²) < 4.78 is 15.7. The van der Waals surface area contributed by atoms with Crippen molar-refractivity contribution >= 4 is 17.8 Å². The molecular formula is C22H22N2O5. The number of methoxy groups -OCH3 is 3. The van der Waals surface area contributed by atoms with Gasteiger partial charge in [0.2, 0.25) is 0 Å². The zero-order valence-corrected chi connectivity index (χ0v) is 16.7. The second-order valence-corrected chi connectivity index (χ2v) is 6.04. The Kier molecular flexibility index (Phi) is 7.38. The number of ether oxygens (including phenoxy) is 3. The van der Waals surface area contributed by atoms with Crippen LogP contribution in [-0.4, -0.2) is 33.0 Å². The largest absolute Gasteiger partial charge is 0.497 e. The first-order chi connectivity index (χ1) is 13.9. The minimum absolute atomic E-state index is 0.0273. The number of carbonyl (C=O) groups is 2. The summed E-state index contributed by atoms with van der Waals surface area (Å²) in [7, 11) is 4.53. The van der Waals surface area contributed by atoms with E-state index in [0.717, 1.165) is 5.56 Å². The van der Waals surface area contributed by atoms with Crippen molar-refractivity contribution in [3.05, 3.63) is 58.7 Å². The minimum atomic E-state index is -0.526. The summed E-state index contributed by atoms with van der Waals surface area (Å²) in [4.78, 5) is 24.7. The van der Waals surface area contributed by atoms with Gasteiger partial charge in [0.25, 0.3) is 5.91 Å². The number of hydrogen-bond acceptors (Lipinski definition) is 6. The van der Waals surface area contributed by atoms with Gasteiger partial charge in [-0.3, -0.25) is 9.59 Å². The van der Waals surface area contributed by atoms with E-state index in [9.17, 15) is 9.59 Å². The Balaban J connectivity index is 2.26. The van der Waals surface area contributed by atoms with Gasteiger partial charge in [0.1, 0.15) is 17.2 Å². The molecule has 0 atom stereocenters. The topological polar surface area (TPSA) is 97.6 Å². The van der Waals surface area contributed by atoms with Crippen molar-refractivity contribution in [1.29, 1.82) is 5.26 Å². The van der Waals surface area contributed by atoms with Crippen molar-refractivity contribution in [1.82, 2.24) is 5.32 Å². The second kappa shape index (κ2) is 9.95. The Hall–Kier alpha value is -3.79. The maximum absolute atomic E-state index is 12.6. The summed E-state index contributed by atoms with van der Waals surface area (Å²) in [5.74, 6) is 0.672. The Bertz CT molecular complexity index is 989. The van der Waals surface area contributed by atoms with Crippen LogP contribution in [0.3, 0.4) is 0 Å². The third-order valence-corrected chi connectivity index (χ3v) is 4.22. The highest BCUT2D eigenvalue weighted by molar-refractivity contribution is 6.21. The average Bonchev–Trinajstić information content (AvgIpc) is 2.75. The van der Waals surface area contributed by atoms with Crippen LogP contribution in [0.25, 0.3) is 6.08 Å². The van der Waals surface area contributed by atoms with Crippen molar-refractivity contribution in [2.24, 2.45) is 0 Å². The van der Waals surface area contributed by atoms with E-state index in [2.05, 4.69) is 5.32 Å². The molecule has 0 unspecified atom stereocenters. The quantitative estimate of drug-likeness (QED) is 0.420. The normalized spacial score (nSPS) is 10.7. The smallest absolute Gasteiger partial charge is 0.255 e. The summed E-state index contributed by atoms with van der Waals surface area (Å²) >= 11 is 0. The number of Topliss-reactive ketones (excluding diaryl/α,β-unsaturated/α-hetero) is 1. The maximum atomic E-state index is 12.6. The molecule has 0 saturated carbocycles. The molecule has 2 aromatic carbocycles. The maximum Gasteiger partial charge on any atom is 0.255 e. The second-order valence-electron chi connectivity index (χ2n) is 6.04. The van der Waals surface area contributed by atoms with Crippen LogP contribution in [-0.2, 0) is 16.1 Å². The average molecular weight is 394 g/mol. The first-order valence-corrected chi connectivity index (χ1v) is 8.73. The molecule has 0 saturated heterocycles. The molecule has 0 aliphatic rings. The zero-order valence-electron chi connectivity index (χ0n) is 16.7. The highest BCUT2D eigenvalue weighted by Gasteiger charge is 2.16. The molecule has 0 heterocycles. The lowest BCUT2D eigenvalue weighted by molar-refractivity contribution is -0.121. The van der Waals surface area contributed by atoms with Gasteiger partial charge < -0.3 is 19.5 Å². The Morgan fingerprint density at radius 1 is 1.03 bits per heavy atom. The van der Waals surface area contributed by atoms with Crippen molar-refractivity contribution in [3.63, 3.8) is 0 Å². The molecule has 29 heavy (non-hydrogen) atoms. The predicted molar refractivity (Wildman–Crippen MR) is 108 cm³/mol. The summed E-state index contributed by atoms with van der Waals surface area (Å²) in [6.45, 7) is 1.48. The number of benzene rings is 2. The van der Waals surface area contributed by atoms with Crippen LogP contribution >= 0.6 is 0 Å². The number of rotatable bonds is 8. The van der Waals surface area contributed by atoms with Gasteiger partial charge in [-0.25, -0.2) is 0 Å². The molecule has 0 aliphatic carbocycles.